The van der Waals surface area contributed by atoms with E-state index in [0.29, 0.717) is 0 Å². The molecule has 0 aliphatic rings. The minimum Gasteiger partial charge on any atom is -0.349 e. The summed E-state index contributed by atoms with van der Waals surface area (Å²) < 4.78 is 47.7. The van der Waals surface area contributed by atoms with Crippen LogP contribution in [0.3, 0.4) is 0 Å². The van der Waals surface area contributed by atoms with E-state index in [-0.39, 0.29) is 5.96 Å². The van der Waals surface area contributed by atoms with E-state index in [0.717, 1.165) is 0 Å². The van der Waals surface area contributed by atoms with Crippen molar-refractivity contribution in [3.63, 3.8) is 0 Å². The lowest BCUT2D eigenvalue weighted by Gasteiger charge is -2.16. The molecule has 78 valence electrons. The van der Waals surface area contributed by atoms with Crippen LogP contribution in [0.1, 0.15) is 0 Å². The van der Waals surface area contributed by atoms with Gasteiger partial charge in [-0.25, -0.2) is 14.6 Å². The molecule has 0 aliphatic carbocycles. The van der Waals surface area contributed by atoms with Crippen molar-refractivity contribution in [2.75, 3.05) is 13.6 Å². The number of nitrogens with two attached hydrogens (primary N) is 1. The summed E-state index contributed by atoms with van der Waals surface area (Å²) in [6.45, 7) is -1.22. The average Bonchev–Trinajstić information content (AvgIpc) is 2.06. The number of aliphatic imine (C=N–C) groups is 1. The zero-order valence-electron chi connectivity index (χ0n) is 6.82. The summed E-state index contributed by atoms with van der Waals surface area (Å²) >= 11 is 0. The van der Waals surface area contributed by atoms with E-state index in [2.05, 4.69) is 4.99 Å². The van der Waals surface area contributed by atoms with E-state index in [9.17, 15) is 17.6 Å². The second-order valence-corrected chi connectivity index (χ2v) is 2.13. The van der Waals surface area contributed by atoms with Crippen molar-refractivity contribution in [2.24, 2.45) is 10.8 Å². The summed E-state index contributed by atoms with van der Waals surface area (Å²) in [6, 6.07) is 0. The molecule has 0 atom stereocenters. The Hall–Kier alpha value is -1.05. The number of alkyl halides is 4. The van der Waals surface area contributed by atoms with Gasteiger partial charge in [-0.15, -0.1) is 0 Å². The van der Waals surface area contributed by atoms with Gasteiger partial charge in [-0.2, -0.15) is 8.78 Å². The molecule has 4 nitrogen and oxygen atoms in total. The second kappa shape index (κ2) is 4.85. The maximum Gasteiger partial charge on any atom is 0.324 e. The van der Waals surface area contributed by atoms with Crippen LogP contribution in [-0.4, -0.2) is 31.9 Å². The molecule has 0 aromatic carbocycles. The quantitative estimate of drug-likeness (QED) is 0.197. The summed E-state index contributed by atoms with van der Waals surface area (Å²) in [5, 5.41) is 1.92. The van der Waals surface area contributed by atoms with E-state index in [1.54, 1.807) is 0 Å². The summed E-state index contributed by atoms with van der Waals surface area (Å²) in [6.07, 6.45) is -3.71. The summed E-state index contributed by atoms with van der Waals surface area (Å²) in [5.41, 5.74) is 1.92. The van der Waals surface area contributed by atoms with Crippen molar-refractivity contribution >= 4 is 5.96 Å². The molecule has 0 heterocycles. The fourth-order valence-corrected chi connectivity index (χ4v) is 0.473. The molecule has 0 fully saturated rings. The van der Waals surface area contributed by atoms with Crippen molar-refractivity contribution in [1.29, 1.82) is 0 Å². The van der Waals surface area contributed by atoms with Crippen LogP contribution >= 0.6 is 0 Å². The van der Waals surface area contributed by atoms with E-state index in [1.807, 2.05) is 10.7 Å². The fourth-order valence-electron chi connectivity index (χ4n) is 0.473. The van der Waals surface area contributed by atoms with Crippen LogP contribution in [0.15, 0.2) is 4.99 Å². The highest BCUT2D eigenvalue weighted by Gasteiger charge is 2.40. The van der Waals surface area contributed by atoms with Crippen molar-refractivity contribution in [3.8, 4) is 0 Å². The molecule has 0 bridgehead atoms. The van der Waals surface area contributed by atoms with E-state index in [1.165, 1.54) is 7.05 Å². The number of nitrogens with zero attached hydrogens (tertiary/aromatic N) is 1. The van der Waals surface area contributed by atoms with Crippen LogP contribution in [0.2, 0.25) is 0 Å². The van der Waals surface area contributed by atoms with E-state index in [4.69, 9.17) is 5.84 Å². The van der Waals surface area contributed by atoms with Gasteiger partial charge >= 0.3 is 12.3 Å². The van der Waals surface area contributed by atoms with Crippen molar-refractivity contribution in [2.45, 2.75) is 12.3 Å². The SMILES string of the molecule is CN=C(NN)NCC(F)(F)C(F)F. The first-order valence-electron chi connectivity index (χ1n) is 3.27. The molecule has 13 heavy (non-hydrogen) atoms. The molecule has 4 N–H and O–H groups in total. The molecule has 0 unspecified atom stereocenters. The van der Waals surface area contributed by atoms with Gasteiger partial charge in [0.2, 0.25) is 5.96 Å². The number of nitrogens with one attached hydrogen (secondary N) is 2. The smallest absolute Gasteiger partial charge is 0.324 e. The number of hydrazine groups is 1. The maximum atomic E-state index is 12.2. The number of guanidine groups is 1. The molecule has 8 heteroatoms. The van der Waals surface area contributed by atoms with Gasteiger partial charge in [-0.1, -0.05) is 0 Å². The van der Waals surface area contributed by atoms with Crippen molar-refractivity contribution < 1.29 is 17.6 Å². The molecule has 0 radical (unpaired) electrons. The first-order valence-corrected chi connectivity index (χ1v) is 3.27. The van der Waals surface area contributed by atoms with Crippen LogP contribution in [-0.2, 0) is 0 Å². The Balaban J connectivity index is 4.01. The van der Waals surface area contributed by atoms with Gasteiger partial charge in [0, 0.05) is 7.05 Å². The topological polar surface area (TPSA) is 62.4 Å². The standard InChI is InChI=1S/C5H10F4N4/c1-11-4(13-10)12-2-5(8,9)3(6)7/h3H,2,10H2,1H3,(H2,11,12,13). The van der Waals surface area contributed by atoms with Gasteiger partial charge in [-0.3, -0.25) is 10.4 Å². The van der Waals surface area contributed by atoms with E-state index >= 15 is 0 Å². The average molecular weight is 202 g/mol. The fraction of sp³-hybridized carbons (Fsp3) is 0.800. The van der Waals surface area contributed by atoms with Crippen LogP contribution < -0.4 is 16.6 Å². The Bertz CT molecular complexity index is 181. The third-order valence-electron chi connectivity index (χ3n) is 1.17. The summed E-state index contributed by atoms with van der Waals surface area (Å²) in [5.74, 6) is 0.542. The Morgan fingerprint density at radius 3 is 2.38 bits per heavy atom. The largest absolute Gasteiger partial charge is 0.349 e. The molecule has 0 aromatic rings. The summed E-state index contributed by atoms with van der Waals surface area (Å²) in [7, 11) is 1.27. The monoisotopic (exact) mass is 202 g/mol. The summed E-state index contributed by atoms with van der Waals surface area (Å²) in [4.78, 5) is 3.36. The molecule has 0 saturated heterocycles. The lowest BCUT2D eigenvalue weighted by atomic mass is 10.3. The highest BCUT2D eigenvalue weighted by Crippen LogP contribution is 2.21. The molecule has 0 amide bonds. The van der Waals surface area contributed by atoms with Crippen LogP contribution in [0.4, 0.5) is 17.6 Å². The van der Waals surface area contributed by atoms with Gasteiger partial charge in [0.1, 0.15) is 0 Å². The number of hydrogen-bond acceptors (Lipinski definition) is 2. The van der Waals surface area contributed by atoms with Crippen molar-refractivity contribution in [3.05, 3.63) is 0 Å². The highest BCUT2D eigenvalue weighted by molar-refractivity contribution is 5.78. The Morgan fingerprint density at radius 1 is 1.54 bits per heavy atom. The number of halogens is 4. The first-order chi connectivity index (χ1) is 5.94. The lowest BCUT2D eigenvalue weighted by Crippen LogP contribution is -2.48. The number of rotatable bonds is 3. The zero-order chi connectivity index (χ0) is 10.5. The van der Waals surface area contributed by atoms with Gasteiger partial charge in [0.15, 0.2) is 0 Å². The minimum absolute atomic E-state index is 0.180. The lowest BCUT2D eigenvalue weighted by molar-refractivity contribution is -0.123. The molecule has 0 aliphatic heterocycles. The molecular formula is C5H10F4N4. The predicted molar refractivity (Wildman–Crippen MR) is 39.6 cm³/mol. The third-order valence-corrected chi connectivity index (χ3v) is 1.17. The molecule has 0 aromatic heterocycles. The van der Waals surface area contributed by atoms with Gasteiger partial charge in [0.05, 0.1) is 6.54 Å². The Kier molecular flexibility index (Phi) is 4.46. The van der Waals surface area contributed by atoms with Crippen LogP contribution in [0.25, 0.3) is 0 Å². The Labute approximate surface area is 72.2 Å². The zero-order valence-corrected chi connectivity index (χ0v) is 6.82. The van der Waals surface area contributed by atoms with Gasteiger partial charge in [-0.05, 0) is 0 Å². The van der Waals surface area contributed by atoms with Crippen molar-refractivity contribution in [1.82, 2.24) is 10.7 Å². The van der Waals surface area contributed by atoms with Crippen LogP contribution in [0.5, 0.6) is 0 Å². The van der Waals surface area contributed by atoms with Crippen LogP contribution in [0, 0.1) is 0 Å². The first kappa shape index (κ1) is 11.9. The molecular weight excluding hydrogens is 192 g/mol. The second-order valence-electron chi connectivity index (χ2n) is 2.13. The molecule has 0 saturated carbocycles. The normalized spacial score (nSPS) is 13.3. The number of hydrogen-bond donors (Lipinski definition) is 3. The van der Waals surface area contributed by atoms with Gasteiger partial charge < -0.3 is 5.32 Å². The van der Waals surface area contributed by atoms with E-state index < -0.39 is 18.9 Å². The third kappa shape index (κ3) is 3.92. The van der Waals surface area contributed by atoms with Gasteiger partial charge in [0.25, 0.3) is 0 Å². The Morgan fingerprint density at radius 2 is 2.08 bits per heavy atom. The molecule has 0 spiro atoms. The maximum absolute atomic E-state index is 12.2. The highest BCUT2D eigenvalue weighted by atomic mass is 19.3. The molecule has 0 rings (SSSR count). The predicted octanol–water partition coefficient (Wildman–Crippen LogP) is -0.0745. The minimum atomic E-state index is -4.09.